The summed E-state index contributed by atoms with van der Waals surface area (Å²) in [6.45, 7) is 2.26. The van der Waals surface area contributed by atoms with Crippen LogP contribution >= 0.6 is 0 Å². The van der Waals surface area contributed by atoms with Crippen LogP contribution in [-0.4, -0.2) is 23.5 Å². The maximum atomic E-state index is 11.3. The molecule has 0 unspecified atom stereocenters. The topological polar surface area (TPSA) is 86.7 Å². The summed E-state index contributed by atoms with van der Waals surface area (Å²) < 4.78 is 9.82. The number of Topliss-reactive ketones (excluding diaryl/α,β-unsaturated/α-hetero) is 2. The Morgan fingerprint density at radius 2 is 1.21 bits per heavy atom. The first-order chi connectivity index (χ1) is 11.4. The van der Waals surface area contributed by atoms with E-state index in [-0.39, 0.29) is 11.5 Å². The fourth-order valence-corrected chi connectivity index (χ4v) is 1.81. The Labute approximate surface area is 138 Å². The number of rotatable bonds is 5. The number of carbonyl (C=O) groups excluding carboxylic acids is 4. The molecule has 6 heteroatoms. The molecule has 0 fully saturated rings. The van der Waals surface area contributed by atoms with Gasteiger partial charge in [-0.1, -0.05) is 24.3 Å². The standard InChI is InChI=1S/C18H14O6/c1-11(19)17(21)23-15-8-6-13(7-9-15)14-4-3-5-16(10-14)24-18(22)12(2)20/h3-10H,1-2H3. The molecule has 0 bridgehead atoms. The summed E-state index contributed by atoms with van der Waals surface area (Å²) in [5.41, 5.74) is 1.52. The Morgan fingerprint density at radius 1 is 0.667 bits per heavy atom. The molecule has 122 valence electrons. The number of carbonyl (C=O) groups is 4. The molecule has 0 radical (unpaired) electrons. The second-order valence-corrected chi connectivity index (χ2v) is 4.94. The van der Waals surface area contributed by atoms with Crippen LogP contribution in [0.25, 0.3) is 11.1 Å². The lowest BCUT2D eigenvalue weighted by molar-refractivity contribution is -0.146. The van der Waals surface area contributed by atoms with Crippen molar-refractivity contribution < 1.29 is 28.7 Å². The Bertz CT molecular complexity index is 805. The van der Waals surface area contributed by atoms with Gasteiger partial charge in [0.05, 0.1) is 0 Å². The van der Waals surface area contributed by atoms with Crippen LogP contribution in [0.1, 0.15) is 13.8 Å². The van der Waals surface area contributed by atoms with Crippen LogP contribution in [0.2, 0.25) is 0 Å². The molecule has 6 nitrogen and oxygen atoms in total. The molecule has 2 aromatic carbocycles. The largest absolute Gasteiger partial charge is 0.421 e. The zero-order valence-corrected chi connectivity index (χ0v) is 13.1. The predicted octanol–water partition coefficient (Wildman–Crippen LogP) is 2.34. The molecule has 0 aliphatic carbocycles. The van der Waals surface area contributed by atoms with Crippen LogP contribution in [0.4, 0.5) is 0 Å². The average molecular weight is 326 g/mol. The summed E-state index contributed by atoms with van der Waals surface area (Å²) in [5.74, 6) is -2.73. The van der Waals surface area contributed by atoms with Gasteiger partial charge in [0.25, 0.3) is 0 Å². The van der Waals surface area contributed by atoms with Crippen molar-refractivity contribution in [3.63, 3.8) is 0 Å². The van der Waals surface area contributed by atoms with Gasteiger partial charge in [-0.2, -0.15) is 0 Å². The van der Waals surface area contributed by atoms with E-state index in [1.807, 2.05) is 0 Å². The van der Waals surface area contributed by atoms with Crippen LogP contribution in [-0.2, 0) is 19.2 Å². The summed E-state index contributed by atoms with van der Waals surface area (Å²) >= 11 is 0. The van der Waals surface area contributed by atoms with Gasteiger partial charge in [0, 0.05) is 13.8 Å². The van der Waals surface area contributed by atoms with E-state index >= 15 is 0 Å². The zero-order valence-electron chi connectivity index (χ0n) is 13.1. The van der Waals surface area contributed by atoms with Gasteiger partial charge in [-0.05, 0) is 35.4 Å². The van der Waals surface area contributed by atoms with E-state index in [9.17, 15) is 19.2 Å². The van der Waals surface area contributed by atoms with E-state index in [1.54, 1.807) is 48.5 Å². The molecule has 0 aliphatic rings. The third kappa shape index (κ3) is 4.36. The normalized spacial score (nSPS) is 9.92. The number of ether oxygens (including phenoxy) is 2. The second-order valence-electron chi connectivity index (χ2n) is 4.94. The Kier molecular flexibility index (Phi) is 5.21. The highest BCUT2D eigenvalue weighted by molar-refractivity contribution is 6.33. The molecule has 0 amide bonds. The highest BCUT2D eigenvalue weighted by atomic mass is 16.5. The summed E-state index contributed by atoms with van der Waals surface area (Å²) in [6, 6.07) is 13.1. The quantitative estimate of drug-likeness (QED) is 0.476. The van der Waals surface area contributed by atoms with Gasteiger partial charge in [0.2, 0.25) is 11.6 Å². The molecule has 0 spiro atoms. The first kappa shape index (κ1) is 17.1. The first-order valence-electron chi connectivity index (χ1n) is 7.03. The number of benzene rings is 2. The van der Waals surface area contributed by atoms with Crippen molar-refractivity contribution >= 4 is 23.5 Å². The van der Waals surface area contributed by atoms with Gasteiger partial charge in [0.1, 0.15) is 11.5 Å². The SMILES string of the molecule is CC(=O)C(=O)Oc1ccc(-c2cccc(OC(=O)C(C)=O)c2)cc1. The summed E-state index contributed by atoms with van der Waals surface area (Å²) in [7, 11) is 0. The minimum Gasteiger partial charge on any atom is -0.421 e. The van der Waals surface area contributed by atoms with Crippen molar-refractivity contribution in [2.45, 2.75) is 13.8 Å². The molecule has 2 rings (SSSR count). The molecular formula is C18H14O6. The van der Waals surface area contributed by atoms with Gasteiger partial charge < -0.3 is 9.47 Å². The fourth-order valence-electron chi connectivity index (χ4n) is 1.81. The van der Waals surface area contributed by atoms with Crippen molar-refractivity contribution in [2.75, 3.05) is 0 Å². The third-order valence-electron chi connectivity index (χ3n) is 3.02. The number of ketones is 2. The number of esters is 2. The monoisotopic (exact) mass is 326 g/mol. The maximum absolute atomic E-state index is 11.3. The molecule has 0 saturated carbocycles. The predicted molar refractivity (Wildman–Crippen MR) is 84.5 cm³/mol. The van der Waals surface area contributed by atoms with Crippen LogP contribution < -0.4 is 9.47 Å². The second kappa shape index (κ2) is 7.32. The highest BCUT2D eigenvalue weighted by Crippen LogP contribution is 2.26. The summed E-state index contributed by atoms with van der Waals surface area (Å²) in [4.78, 5) is 44.3. The maximum Gasteiger partial charge on any atom is 0.379 e. The van der Waals surface area contributed by atoms with E-state index in [0.29, 0.717) is 0 Å². The number of hydrogen-bond acceptors (Lipinski definition) is 6. The minimum absolute atomic E-state index is 0.248. The van der Waals surface area contributed by atoms with Crippen molar-refractivity contribution in [1.82, 2.24) is 0 Å². The van der Waals surface area contributed by atoms with Crippen molar-refractivity contribution in [3.8, 4) is 22.6 Å². The van der Waals surface area contributed by atoms with Crippen molar-refractivity contribution in [3.05, 3.63) is 48.5 Å². The highest BCUT2D eigenvalue weighted by Gasteiger charge is 2.12. The molecular weight excluding hydrogens is 312 g/mol. The Morgan fingerprint density at radius 3 is 1.75 bits per heavy atom. The lowest BCUT2D eigenvalue weighted by atomic mass is 10.1. The molecule has 0 heterocycles. The van der Waals surface area contributed by atoms with Gasteiger partial charge in [-0.3, -0.25) is 9.59 Å². The Hall–Kier alpha value is -3.28. The molecule has 0 aromatic heterocycles. The average Bonchev–Trinajstić information content (AvgIpc) is 2.55. The summed E-state index contributed by atoms with van der Waals surface area (Å²) in [6.07, 6.45) is 0. The molecule has 0 saturated heterocycles. The molecule has 0 N–H and O–H groups in total. The molecule has 24 heavy (non-hydrogen) atoms. The van der Waals surface area contributed by atoms with Crippen molar-refractivity contribution in [2.24, 2.45) is 0 Å². The van der Waals surface area contributed by atoms with Gasteiger partial charge in [-0.25, -0.2) is 9.59 Å². The first-order valence-corrected chi connectivity index (χ1v) is 7.03. The molecule has 0 atom stereocenters. The van der Waals surface area contributed by atoms with Crippen LogP contribution in [0.3, 0.4) is 0 Å². The van der Waals surface area contributed by atoms with Gasteiger partial charge in [-0.15, -0.1) is 0 Å². The zero-order chi connectivity index (χ0) is 17.7. The van der Waals surface area contributed by atoms with Gasteiger partial charge >= 0.3 is 11.9 Å². The van der Waals surface area contributed by atoms with Crippen molar-refractivity contribution in [1.29, 1.82) is 0 Å². The van der Waals surface area contributed by atoms with E-state index < -0.39 is 23.5 Å². The fraction of sp³-hybridized carbons (Fsp3) is 0.111. The van der Waals surface area contributed by atoms with E-state index in [4.69, 9.17) is 9.47 Å². The third-order valence-corrected chi connectivity index (χ3v) is 3.02. The van der Waals surface area contributed by atoms with Crippen LogP contribution in [0.15, 0.2) is 48.5 Å². The van der Waals surface area contributed by atoms with E-state index in [0.717, 1.165) is 25.0 Å². The lowest BCUT2D eigenvalue weighted by Crippen LogP contribution is -2.16. The van der Waals surface area contributed by atoms with Crippen LogP contribution in [0, 0.1) is 0 Å². The van der Waals surface area contributed by atoms with E-state index in [1.165, 1.54) is 0 Å². The lowest BCUT2D eigenvalue weighted by Gasteiger charge is -2.07. The molecule has 2 aromatic rings. The minimum atomic E-state index is -0.932. The molecule has 0 aliphatic heterocycles. The van der Waals surface area contributed by atoms with Crippen LogP contribution in [0.5, 0.6) is 11.5 Å². The smallest absolute Gasteiger partial charge is 0.379 e. The van der Waals surface area contributed by atoms with Gasteiger partial charge in [0.15, 0.2) is 0 Å². The summed E-state index contributed by atoms with van der Waals surface area (Å²) in [5, 5.41) is 0. The Balaban J connectivity index is 2.17. The van der Waals surface area contributed by atoms with E-state index in [2.05, 4.69) is 0 Å². The number of hydrogen-bond donors (Lipinski definition) is 0.